The third kappa shape index (κ3) is 6.92. The molecule has 3 aromatic carbocycles. The number of hydrogen-bond donors (Lipinski definition) is 8. The second-order valence-corrected chi connectivity index (χ2v) is 10.6. The molecule has 1 saturated heterocycles. The summed E-state index contributed by atoms with van der Waals surface area (Å²) in [7, 11) is 2.66. The maximum Gasteiger partial charge on any atom is 0.330 e. The van der Waals surface area contributed by atoms with E-state index in [1.54, 1.807) is 0 Å². The van der Waals surface area contributed by atoms with Crippen LogP contribution in [0, 0.1) is 0 Å². The number of methoxy groups -OCH3 is 2. The van der Waals surface area contributed by atoms with Gasteiger partial charge in [-0.2, -0.15) is 0 Å². The molecular weight excluding hydrogens is 624 g/mol. The molecule has 15 nitrogen and oxygen atoms in total. The van der Waals surface area contributed by atoms with Gasteiger partial charge in [-0.3, -0.25) is 0 Å². The lowest BCUT2D eigenvalue weighted by molar-refractivity contribution is -0.296. The Morgan fingerprint density at radius 3 is 2.23 bits per heavy atom. The molecule has 15 heteroatoms. The lowest BCUT2D eigenvalue weighted by Crippen LogP contribution is -2.59. The molecule has 2 heterocycles. The zero-order chi connectivity index (χ0) is 34.0. The van der Waals surface area contributed by atoms with Gasteiger partial charge in [0.2, 0.25) is 12.0 Å². The molecule has 2 aliphatic rings. The van der Waals surface area contributed by atoms with Crippen molar-refractivity contribution in [2.45, 2.75) is 36.8 Å². The van der Waals surface area contributed by atoms with Crippen molar-refractivity contribution < 1.29 is 74.1 Å². The summed E-state index contributed by atoms with van der Waals surface area (Å²) in [5, 5.41) is 82.1. The van der Waals surface area contributed by atoms with Crippen molar-refractivity contribution in [2.24, 2.45) is 0 Å². The molecule has 0 spiro atoms. The number of phenols is 5. The van der Waals surface area contributed by atoms with Gasteiger partial charge in [0.1, 0.15) is 48.1 Å². The number of aliphatic hydroxyl groups is 4. The van der Waals surface area contributed by atoms with E-state index in [-0.39, 0.29) is 57.3 Å². The molecular formula is C32H33O15+. The van der Waals surface area contributed by atoms with Gasteiger partial charge in [-0.1, -0.05) is 6.07 Å². The molecule has 250 valence electrons. The van der Waals surface area contributed by atoms with Crippen LogP contribution in [-0.2, 0) is 19.0 Å². The number of aliphatic hydroxyl groups excluding tert-OH is 3. The van der Waals surface area contributed by atoms with Crippen molar-refractivity contribution in [1.29, 1.82) is 0 Å². The Hall–Kier alpha value is -5.35. The quantitative estimate of drug-likeness (QED) is 0.0707. The summed E-state index contributed by atoms with van der Waals surface area (Å²) in [6.07, 6.45) is -5.69. The van der Waals surface area contributed by atoms with Crippen LogP contribution >= 0.6 is 0 Å². The summed E-state index contributed by atoms with van der Waals surface area (Å²) in [6, 6.07) is 9.18. The highest BCUT2D eigenvalue weighted by Gasteiger charge is 2.47. The largest absolute Gasteiger partial charge is 0.571 e. The smallest absolute Gasteiger partial charge is 0.330 e. The number of rotatable bonds is 9. The number of phenolic OH excluding ortho intramolecular Hbond substituents is 5. The van der Waals surface area contributed by atoms with E-state index in [0.29, 0.717) is 11.1 Å². The van der Waals surface area contributed by atoms with Crippen LogP contribution < -0.4 is 9.47 Å². The molecule has 47 heavy (non-hydrogen) atoms. The van der Waals surface area contributed by atoms with E-state index in [1.807, 2.05) is 0 Å². The minimum Gasteiger partial charge on any atom is -0.571 e. The molecule has 1 unspecified atom stereocenters. The first-order chi connectivity index (χ1) is 22.4. The van der Waals surface area contributed by atoms with E-state index < -0.39 is 49.4 Å². The van der Waals surface area contributed by atoms with E-state index in [1.165, 1.54) is 62.8 Å². The Kier molecular flexibility index (Phi) is 9.53. The Balaban J connectivity index is 1.39. The van der Waals surface area contributed by atoms with E-state index >= 15 is 0 Å². The van der Waals surface area contributed by atoms with E-state index in [4.69, 9.17) is 23.7 Å². The number of esters is 1. The van der Waals surface area contributed by atoms with Crippen LogP contribution in [0.15, 0.2) is 54.3 Å². The number of carbonyl (C=O) groups is 1. The Morgan fingerprint density at radius 1 is 0.872 bits per heavy atom. The van der Waals surface area contributed by atoms with Crippen molar-refractivity contribution in [3.05, 3.63) is 71.0 Å². The van der Waals surface area contributed by atoms with E-state index in [0.717, 1.165) is 12.1 Å². The maximum absolute atomic E-state index is 12.4. The fourth-order valence-corrected chi connectivity index (χ4v) is 5.00. The highest BCUT2D eigenvalue weighted by Crippen LogP contribution is 2.48. The number of hydrogen-bond acceptors (Lipinski definition) is 14. The molecule has 0 bridgehead atoms. The molecule has 1 fully saturated rings. The number of fused-ring (bicyclic) bond motifs is 1. The van der Waals surface area contributed by atoms with Gasteiger partial charge < -0.3 is 69.3 Å². The summed E-state index contributed by atoms with van der Waals surface area (Å²) in [6.45, 7) is -0.573. The SMILES string of the molecule is COc1cc(C2[OH+]c3cc(O)cc(O)c3C=C2O[C@@H]2O[C@H](COC(=O)/C=C/c3ccc(O)c(O)c3)[C@@H](O)[C@H](O)[C@H]2O)cc(OC)c1O. The predicted octanol–water partition coefficient (Wildman–Crippen LogP) is 1.65. The molecule has 3 aromatic rings. The second kappa shape index (κ2) is 13.6. The fourth-order valence-electron chi connectivity index (χ4n) is 5.00. The molecule has 0 amide bonds. The van der Waals surface area contributed by atoms with Gasteiger partial charge in [0.25, 0.3) is 11.9 Å². The molecule has 0 aliphatic carbocycles. The van der Waals surface area contributed by atoms with Gasteiger partial charge >= 0.3 is 5.97 Å². The summed E-state index contributed by atoms with van der Waals surface area (Å²) in [5.41, 5.74) is 0.879. The lowest BCUT2D eigenvalue weighted by atomic mass is 9.98. The first-order valence-corrected chi connectivity index (χ1v) is 14.1. The maximum atomic E-state index is 12.4. The van der Waals surface area contributed by atoms with E-state index in [2.05, 4.69) is 4.74 Å². The number of benzene rings is 3. The lowest BCUT2D eigenvalue weighted by Gasteiger charge is -2.40. The standard InChI is InChI=1S/C32H32O15/c1-42-22-8-15(9-23(43-2)27(22)38)31-24(12-17-19(35)10-16(33)11-21(17)45-31)46-32-30(41)29(40)28(39)25(47-32)13-44-26(37)6-4-14-3-5-18(34)20(36)7-14/h3-12,25,28-36,38-41H,13H2,1-2H3/p+1/b6-4+/t25-,28-,29+,30-,31?,32-/m1/s1. The molecule has 0 aromatic heterocycles. The van der Waals surface area contributed by atoms with E-state index in [9.17, 15) is 45.6 Å². The average molecular weight is 658 g/mol. The van der Waals surface area contributed by atoms with Crippen LogP contribution in [0.25, 0.3) is 12.2 Å². The number of ether oxygens (including phenoxy) is 6. The van der Waals surface area contributed by atoms with Gasteiger partial charge in [0, 0.05) is 18.2 Å². The first kappa shape index (κ1) is 33.0. The van der Waals surface area contributed by atoms with Crippen LogP contribution in [0.2, 0.25) is 0 Å². The zero-order valence-corrected chi connectivity index (χ0v) is 24.9. The zero-order valence-electron chi connectivity index (χ0n) is 24.9. The minimum atomic E-state index is -1.81. The van der Waals surface area contributed by atoms with Crippen molar-refractivity contribution in [2.75, 3.05) is 20.8 Å². The van der Waals surface area contributed by atoms with Crippen LogP contribution in [-0.4, -0.2) is 103 Å². The molecule has 0 radical (unpaired) electrons. The van der Waals surface area contributed by atoms with Crippen LogP contribution in [0.3, 0.4) is 0 Å². The summed E-state index contributed by atoms with van der Waals surface area (Å²) in [4.78, 5) is 12.4. The van der Waals surface area contributed by atoms with Gasteiger partial charge in [-0.15, -0.1) is 0 Å². The third-order valence-corrected chi connectivity index (χ3v) is 7.49. The average Bonchev–Trinajstić information content (AvgIpc) is 3.05. The van der Waals surface area contributed by atoms with Crippen molar-refractivity contribution >= 4 is 18.1 Å². The van der Waals surface area contributed by atoms with Crippen LogP contribution in [0.4, 0.5) is 0 Å². The number of aromatic hydroxyl groups is 6. The Morgan fingerprint density at radius 2 is 1.57 bits per heavy atom. The van der Waals surface area contributed by atoms with Gasteiger partial charge in [-0.05, 0) is 35.9 Å². The van der Waals surface area contributed by atoms with Crippen LogP contribution in [0.1, 0.15) is 22.8 Å². The second-order valence-electron chi connectivity index (χ2n) is 10.6. The fraction of sp³-hybridized carbons (Fsp3) is 0.281. The Bertz CT molecular complexity index is 1670. The third-order valence-electron chi connectivity index (χ3n) is 7.49. The van der Waals surface area contributed by atoms with Gasteiger partial charge in [0.05, 0.1) is 25.8 Å². The van der Waals surface area contributed by atoms with Crippen molar-refractivity contribution in [1.82, 2.24) is 0 Å². The monoisotopic (exact) mass is 657 g/mol. The molecule has 2 aliphatic heterocycles. The van der Waals surface area contributed by atoms with Crippen molar-refractivity contribution in [3.8, 4) is 46.0 Å². The topological polar surface area (TPSA) is 238 Å². The summed E-state index contributed by atoms with van der Waals surface area (Å²) >= 11 is 0. The van der Waals surface area contributed by atoms with Crippen molar-refractivity contribution in [3.63, 3.8) is 0 Å². The highest BCUT2D eigenvalue weighted by atomic mass is 16.7. The van der Waals surface area contributed by atoms with Gasteiger partial charge in [0.15, 0.2) is 28.8 Å². The highest BCUT2D eigenvalue weighted by molar-refractivity contribution is 5.87. The number of carbonyl (C=O) groups excluding carboxylic acids is 1. The minimum absolute atomic E-state index is 0.0308. The molecule has 6 atom stereocenters. The normalized spacial score (nSPS) is 23.7. The molecule has 5 rings (SSSR count). The summed E-state index contributed by atoms with van der Waals surface area (Å²) in [5.74, 6) is -2.28. The molecule has 0 saturated carbocycles. The van der Waals surface area contributed by atoms with Crippen LogP contribution in [0.5, 0.6) is 46.0 Å². The van der Waals surface area contributed by atoms with Gasteiger partial charge in [-0.25, -0.2) is 4.79 Å². The molecule has 9 N–H and O–H groups in total. The Labute approximate surface area is 266 Å². The first-order valence-electron chi connectivity index (χ1n) is 14.1. The predicted molar refractivity (Wildman–Crippen MR) is 161 cm³/mol. The summed E-state index contributed by atoms with van der Waals surface area (Å²) < 4.78 is 32.0.